The molecule has 1 N–H and O–H groups in total. The van der Waals surface area contributed by atoms with Crippen molar-refractivity contribution in [2.45, 2.75) is 32.9 Å². The Kier molecular flexibility index (Phi) is 4.76. The predicted molar refractivity (Wildman–Crippen MR) is 107 cm³/mol. The number of hydrogen-bond donors (Lipinski definition) is 1. The number of benzene rings is 2. The first kappa shape index (κ1) is 19.9. The summed E-state index contributed by atoms with van der Waals surface area (Å²) in [6.45, 7) is 3.29. The second-order valence-electron chi connectivity index (χ2n) is 7.38. The summed E-state index contributed by atoms with van der Waals surface area (Å²) >= 11 is 0. The summed E-state index contributed by atoms with van der Waals surface area (Å²) < 4.78 is 41.9. The van der Waals surface area contributed by atoms with Gasteiger partial charge < -0.3 is 9.88 Å². The molecular formula is C23H19F3N2O2. The van der Waals surface area contributed by atoms with E-state index in [9.17, 15) is 22.8 Å². The van der Waals surface area contributed by atoms with Crippen molar-refractivity contribution in [3.63, 3.8) is 0 Å². The molecule has 0 unspecified atom stereocenters. The molecule has 0 aliphatic heterocycles. The average molecular weight is 412 g/mol. The van der Waals surface area contributed by atoms with E-state index in [4.69, 9.17) is 0 Å². The van der Waals surface area contributed by atoms with E-state index in [-0.39, 0.29) is 11.5 Å². The number of nitrogens with one attached hydrogen (secondary N) is 1. The van der Waals surface area contributed by atoms with Gasteiger partial charge >= 0.3 is 6.18 Å². The Bertz CT molecular complexity index is 1180. The van der Waals surface area contributed by atoms with Crippen molar-refractivity contribution in [2.75, 3.05) is 5.32 Å². The molecule has 0 saturated carbocycles. The monoisotopic (exact) mass is 412 g/mol. The quantitative estimate of drug-likeness (QED) is 0.618. The lowest BCUT2D eigenvalue weighted by Gasteiger charge is -2.17. The molecule has 0 radical (unpaired) electrons. The number of halogens is 3. The van der Waals surface area contributed by atoms with Gasteiger partial charge in [-0.15, -0.1) is 0 Å². The summed E-state index contributed by atoms with van der Waals surface area (Å²) in [5, 5.41) is 2.79. The standard InChI is InChI=1S/C23H19F3N2O2/c1-13-11-18(14(2)28(13)20-6-4-3-5-19(20)23(24,25)26)22(30)27-16-8-9-17-15(12-16)7-10-21(17)29/h3-6,8-9,11-12H,7,10H2,1-2H3,(H,27,30). The Hall–Kier alpha value is -3.35. The number of hydrogen-bond acceptors (Lipinski definition) is 2. The Morgan fingerprint density at radius 1 is 1.03 bits per heavy atom. The summed E-state index contributed by atoms with van der Waals surface area (Å²) in [6, 6.07) is 12.0. The van der Waals surface area contributed by atoms with E-state index in [2.05, 4.69) is 5.32 Å². The molecule has 1 aliphatic rings. The Labute approximate surface area is 171 Å². The lowest BCUT2D eigenvalue weighted by molar-refractivity contribution is -0.137. The molecule has 0 fully saturated rings. The van der Waals surface area contributed by atoms with E-state index in [0.29, 0.717) is 41.0 Å². The van der Waals surface area contributed by atoms with E-state index in [1.165, 1.54) is 22.8 Å². The lowest BCUT2D eigenvalue weighted by Crippen LogP contribution is -2.15. The molecular weight excluding hydrogens is 393 g/mol. The summed E-state index contributed by atoms with van der Waals surface area (Å²) in [7, 11) is 0. The van der Waals surface area contributed by atoms with Crippen LogP contribution in [0.5, 0.6) is 0 Å². The second-order valence-corrected chi connectivity index (χ2v) is 7.38. The summed E-state index contributed by atoms with van der Waals surface area (Å²) in [6.07, 6.45) is -3.41. The van der Waals surface area contributed by atoms with Crippen LogP contribution in [0.2, 0.25) is 0 Å². The first-order valence-corrected chi connectivity index (χ1v) is 9.50. The number of rotatable bonds is 3. The van der Waals surface area contributed by atoms with E-state index in [1.54, 1.807) is 38.1 Å². The van der Waals surface area contributed by atoms with Crippen molar-refractivity contribution in [3.05, 3.63) is 82.2 Å². The fourth-order valence-electron chi connectivity index (χ4n) is 4.00. The van der Waals surface area contributed by atoms with Gasteiger partial charge in [-0.25, -0.2) is 0 Å². The number of anilines is 1. The zero-order valence-corrected chi connectivity index (χ0v) is 16.4. The van der Waals surface area contributed by atoms with Crippen molar-refractivity contribution in [3.8, 4) is 5.69 Å². The minimum atomic E-state index is -4.51. The fourth-order valence-corrected chi connectivity index (χ4v) is 4.00. The first-order chi connectivity index (χ1) is 14.2. The van der Waals surface area contributed by atoms with Gasteiger partial charge in [0.05, 0.1) is 16.8 Å². The van der Waals surface area contributed by atoms with Crippen LogP contribution in [0.15, 0.2) is 48.5 Å². The van der Waals surface area contributed by atoms with Crippen LogP contribution in [-0.4, -0.2) is 16.3 Å². The van der Waals surface area contributed by atoms with Gasteiger partial charge in [-0.1, -0.05) is 12.1 Å². The molecule has 0 saturated heterocycles. The van der Waals surface area contributed by atoms with Crippen molar-refractivity contribution in [1.29, 1.82) is 0 Å². The summed E-state index contributed by atoms with van der Waals surface area (Å²) in [5.41, 5.74) is 2.57. The van der Waals surface area contributed by atoms with Gasteiger partial charge in [0, 0.05) is 29.1 Å². The van der Waals surface area contributed by atoms with Crippen molar-refractivity contribution in [1.82, 2.24) is 4.57 Å². The van der Waals surface area contributed by atoms with Gasteiger partial charge in [-0.3, -0.25) is 9.59 Å². The highest BCUT2D eigenvalue weighted by Gasteiger charge is 2.34. The number of carbonyl (C=O) groups excluding carboxylic acids is 2. The van der Waals surface area contributed by atoms with Crippen LogP contribution >= 0.6 is 0 Å². The third-order valence-corrected chi connectivity index (χ3v) is 5.41. The Balaban J connectivity index is 1.68. The highest BCUT2D eigenvalue weighted by atomic mass is 19.4. The number of ketones is 1. The largest absolute Gasteiger partial charge is 0.418 e. The van der Waals surface area contributed by atoms with Crippen molar-refractivity contribution < 1.29 is 22.8 Å². The number of aromatic nitrogens is 1. The molecule has 4 nitrogen and oxygen atoms in total. The third kappa shape index (κ3) is 3.40. The maximum atomic E-state index is 13.5. The van der Waals surface area contributed by atoms with Gasteiger partial charge in [0.15, 0.2) is 5.78 Å². The van der Waals surface area contributed by atoms with Crippen LogP contribution in [-0.2, 0) is 12.6 Å². The highest BCUT2D eigenvalue weighted by molar-refractivity contribution is 6.06. The van der Waals surface area contributed by atoms with Crippen LogP contribution in [0.3, 0.4) is 0 Å². The summed E-state index contributed by atoms with van der Waals surface area (Å²) in [4.78, 5) is 24.6. The average Bonchev–Trinajstić information content (AvgIpc) is 3.20. The Morgan fingerprint density at radius 2 is 1.77 bits per heavy atom. The van der Waals surface area contributed by atoms with Crippen LogP contribution in [0, 0.1) is 13.8 Å². The maximum absolute atomic E-state index is 13.5. The molecule has 7 heteroatoms. The van der Waals surface area contributed by atoms with Crippen LogP contribution in [0.1, 0.15) is 49.7 Å². The molecule has 0 spiro atoms. The van der Waals surface area contributed by atoms with E-state index in [1.807, 2.05) is 0 Å². The number of carbonyl (C=O) groups is 2. The van der Waals surface area contributed by atoms with Gasteiger partial charge in [-0.05, 0) is 62.2 Å². The van der Waals surface area contributed by atoms with E-state index >= 15 is 0 Å². The third-order valence-electron chi connectivity index (χ3n) is 5.41. The minimum absolute atomic E-state index is 0.0184. The number of fused-ring (bicyclic) bond motifs is 1. The van der Waals surface area contributed by atoms with Crippen LogP contribution in [0.25, 0.3) is 5.69 Å². The van der Waals surface area contributed by atoms with Crippen LogP contribution < -0.4 is 5.32 Å². The maximum Gasteiger partial charge on any atom is 0.418 e. The van der Waals surface area contributed by atoms with Crippen LogP contribution in [0.4, 0.5) is 18.9 Å². The van der Waals surface area contributed by atoms with Gasteiger partial charge in [-0.2, -0.15) is 13.2 Å². The first-order valence-electron chi connectivity index (χ1n) is 9.50. The summed E-state index contributed by atoms with van der Waals surface area (Å²) in [5.74, 6) is -0.321. The molecule has 1 aromatic heterocycles. The number of alkyl halides is 3. The SMILES string of the molecule is Cc1cc(C(=O)Nc2ccc3c(c2)CCC3=O)c(C)n1-c1ccccc1C(F)(F)F. The molecule has 1 amide bonds. The van der Waals surface area contributed by atoms with Crippen molar-refractivity contribution >= 4 is 17.4 Å². The smallest absolute Gasteiger partial charge is 0.322 e. The zero-order valence-electron chi connectivity index (χ0n) is 16.4. The van der Waals surface area contributed by atoms with Crippen molar-refractivity contribution in [2.24, 2.45) is 0 Å². The van der Waals surface area contributed by atoms with Gasteiger partial charge in [0.1, 0.15) is 0 Å². The molecule has 0 atom stereocenters. The Morgan fingerprint density at radius 3 is 2.50 bits per heavy atom. The highest BCUT2D eigenvalue weighted by Crippen LogP contribution is 2.35. The van der Waals surface area contributed by atoms with Gasteiger partial charge in [0.2, 0.25) is 0 Å². The second kappa shape index (κ2) is 7.16. The number of nitrogens with zero attached hydrogens (tertiary/aromatic N) is 1. The van der Waals surface area contributed by atoms with E-state index < -0.39 is 17.6 Å². The number of aryl methyl sites for hydroxylation is 2. The molecule has 154 valence electrons. The number of Topliss-reactive ketones (excluding diaryl/α,β-unsaturated/α-hetero) is 1. The molecule has 0 bridgehead atoms. The molecule has 1 heterocycles. The van der Waals surface area contributed by atoms with E-state index in [0.717, 1.165) is 11.6 Å². The molecule has 4 rings (SSSR count). The minimum Gasteiger partial charge on any atom is -0.322 e. The molecule has 3 aromatic rings. The normalized spacial score (nSPS) is 13.4. The van der Waals surface area contributed by atoms with Gasteiger partial charge in [0.25, 0.3) is 5.91 Å². The topological polar surface area (TPSA) is 51.1 Å². The predicted octanol–water partition coefficient (Wildman–Crippen LogP) is 5.49. The fraction of sp³-hybridized carbons (Fsp3) is 0.217. The molecule has 2 aromatic carbocycles. The molecule has 30 heavy (non-hydrogen) atoms. The zero-order chi connectivity index (χ0) is 21.6. The lowest BCUT2D eigenvalue weighted by atomic mass is 10.1. The number of para-hydroxylation sites is 1. The molecule has 1 aliphatic carbocycles. The number of amides is 1.